The highest BCUT2D eigenvalue weighted by Gasteiger charge is 2.52. The summed E-state index contributed by atoms with van der Waals surface area (Å²) in [6.45, 7) is 2.27. The molecule has 0 saturated carbocycles. The number of carbonyl (C=O) groups excluding carboxylic acids is 1. The fourth-order valence-electron chi connectivity index (χ4n) is 5.61. The van der Waals surface area contributed by atoms with Crippen molar-refractivity contribution in [2.45, 2.75) is 12.3 Å². The van der Waals surface area contributed by atoms with E-state index in [1.54, 1.807) is 11.0 Å². The monoisotopic (exact) mass is 493 g/mol. The van der Waals surface area contributed by atoms with Gasteiger partial charge in [-0.1, -0.05) is 24.3 Å². The van der Waals surface area contributed by atoms with Gasteiger partial charge in [-0.2, -0.15) is 0 Å². The lowest BCUT2D eigenvalue weighted by molar-refractivity contribution is -0.153. The minimum absolute atomic E-state index is 0.0464. The number of hydroxylamine groups is 1. The third-order valence-electron chi connectivity index (χ3n) is 7.28. The number of nitrogens with one attached hydrogen (secondary N) is 1. The average Bonchev–Trinajstić information content (AvgIpc) is 2.88. The van der Waals surface area contributed by atoms with Crippen LogP contribution in [-0.2, 0) is 19.2 Å². The molecule has 4 N–H and O–H groups in total. The zero-order valence-electron chi connectivity index (χ0n) is 19.5. The van der Waals surface area contributed by atoms with Crippen molar-refractivity contribution in [2.24, 2.45) is 11.8 Å². The number of phenols is 1. The quantitative estimate of drug-likeness (QED) is 0.426. The third kappa shape index (κ3) is 4.24. The van der Waals surface area contributed by atoms with Crippen LogP contribution < -0.4 is 10.4 Å². The second-order valence-corrected chi connectivity index (χ2v) is 9.25. The van der Waals surface area contributed by atoms with Crippen LogP contribution in [0.5, 0.6) is 5.75 Å². The number of aliphatic carboxylic acids is 2. The molecule has 2 aromatic carbocycles. The maximum absolute atomic E-state index is 12.7. The number of hydrogen-bond donors (Lipinski definition) is 4. The van der Waals surface area contributed by atoms with Crippen molar-refractivity contribution >= 4 is 29.1 Å². The molecule has 1 saturated heterocycles. The number of benzene rings is 2. The molecule has 4 aliphatic rings. The van der Waals surface area contributed by atoms with Gasteiger partial charge in [0.25, 0.3) is 5.91 Å². The van der Waals surface area contributed by atoms with E-state index < -0.39 is 29.7 Å². The number of carboxylic acids is 2. The Morgan fingerprint density at radius 2 is 1.69 bits per heavy atom. The molecule has 2 aromatic rings. The molecular weight excluding hydrogens is 466 g/mol. The molecule has 10 heteroatoms. The Bertz CT molecular complexity index is 1220. The lowest BCUT2D eigenvalue weighted by atomic mass is 9.60. The Morgan fingerprint density at radius 3 is 2.36 bits per heavy atom. The number of allylic oxidation sites excluding steroid dienone is 1. The first-order valence-corrected chi connectivity index (χ1v) is 11.8. The van der Waals surface area contributed by atoms with Gasteiger partial charge in [0.05, 0.1) is 11.8 Å². The second kappa shape index (κ2) is 9.54. The summed E-state index contributed by atoms with van der Waals surface area (Å²) in [6, 6.07) is 14.5. The highest BCUT2D eigenvalue weighted by Crippen LogP contribution is 2.55. The lowest BCUT2D eigenvalue weighted by Crippen LogP contribution is -2.50. The maximum Gasteiger partial charge on any atom is 0.311 e. The van der Waals surface area contributed by atoms with Crippen molar-refractivity contribution in [2.75, 3.05) is 37.7 Å². The molecule has 36 heavy (non-hydrogen) atoms. The van der Waals surface area contributed by atoms with E-state index in [0.717, 1.165) is 5.69 Å². The predicted octanol–water partition coefficient (Wildman–Crippen LogP) is 1.88. The number of rotatable bonds is 7. The summed E-state index contributed by atoms with van der Waals surface area (Å²) in [7, 11) is 0. The predicted molar refractivity (Wildman–Crippen MR) is 129 cm³/mol. The van der Waals surface area contributed by atoms with E-state index in [1.807, 2.05) is 30.3 Å². The highest BCUT2D eigenvalue weighted by atomic mass is 16.6. The van der Waals surface area contributed by atoms with E-state index in [-0.39, 0.29) is 30.3 Å². The Labute approximate surface area is 207 Å². The zero-order chi connectivity index (χ0) is 25.4. The topological polar surface area (TPSA) is 140 Å². The van der Waals surface area contributed by atoms with E-state index in [9.17, 15) is 29.7 Å². The van der Waals surface area contributed by atoms with Crippen LogP contribution in [0.25, 0.3) is 5.57 Å². The molecular formula is C26H27N3O7. The van der Waals surface area contributed by atoms with Crippen LogP contribution in [0.4, 0.5) is 5.69 Å². The van der Waals surface area contributed by atoms with Crippen LogP contribution in [0.3, 0.4) is 0 Å². The van der Waals surface area contributed by atoms with E-state index in [2.05, 4.69) is 10.4 Å². The van der Waals surface area contributed by atoms with Crippen LogP contribution in [0.2, 0.25) is 0 Å². The number of phenolic OH excluding ortho intramolecular Hbond substituents is 1. The smallest absolute Gasteiger partial charge is 0.311 e. The summed E-state index contributed by atoms with van der Waals surface area (Å²) >= 11 is 0. The molecule has 1 fully saturated rings. The number of carbonyl (C=O) groups is 3. The maximum atomic E-state index is 12.7. The molecule has 3 atom stereocenters. The van der Waals surface area contributed by atoms with Crippen molar-refractivity contribution < 1.29 is 34.5 Å². The summed E-state index contributed by atoms with van der Waals surface area (Å²) in [5.74, 6) is -5.74. The average molecular weight is 494 g/mol. The first-order valence-electron chi connectivity index (χ1n) is 11.8. The van der Waals surface area contributed by atoms with Crippen LogP contribution in [0.1, 0.15) is 23.5 Å². The molecule has 188 valence electrons. The molecule has 10 nitrogen and oxygen atoms in total. The standard InChI is InChI=1S/C26H27N3O7/c30-16-6-7-17-18(12-16)22-20(13-19(17)23(25(32)33)24(22)26(34)35)27-36-14-21(31)29-10-8-28(9-11-29)15-4-2-1-3-5-15/h1-7,12,19,23-24,27,30H,8-11,13-14H2,(H,32,33)(H,34,35). The number of aromatic hydroxyl groups is 1. The van der Waals surface area contributed by atoms with Crippen molar-refractivity contribution in [3.8, 4) is 5.75 Å². The number of amides is 1. The van der Waals surface area contributed by atoms with E-state index in [4.69, 9.17) is 4.84 Å². The van der Waals surface area contributed by atoms with Gasteiger partial charge >= 0.3 is 11.9 Å². The van der Waals surface area contributed by atoms with Gasteiger partial charge in [-0.15, -0.1) is 0 Å². The van der Waals surface area contributed by atoms with Crippen molar-refractivity contribution in [1.29, 1.82) is 0 Å². The Morgan fingerprint density at radius 1 is 0.972 bits per heavy atom. The van der Waals surface area contributed by atoms with Gasteiger partial charge in [0.2, 0.25) is 0 Å². The van der Waals surface area contributed by atoms with Crippen LogP contribution in [0.15, 0.2) is 54.2 Å². The number of piperazine rings is 1. The first kappa shape index (κ1) is 23.7. The first-order chi connectivity index (χ1) is 17.3. The normalized spacial score (nSPS) is 22.8. The molecule has 0 spiro atoms. The van der Waals surface area contributed by atoms with Gasteiger partial charge in [-0.3, -0.25) is 24.7 Å². The molecule has 0 aromatic heterocycles. The van der Waals surface area contributed by atoms with Gasteiger partial charge in [-0.05, 0) is 47.4 Å². The molecule has 0 radical (unpaired) electrons. The van der Waals surface area contributed by atoms with Crippen molar-refractivity contribution in [1.82, 2.24) is 10.4 Å². The summed E-state index contributed by atoms with van der Waals surface area (Å²) < 4.78 is 0. The summed E-state index contributed by atoms with van der Waals surface area (Å²) in [4.78, 5) is 46.3. The van der Waals surface area contributed by atoms with Crippen molar-refractivity contribution in [3.05, 3.63) is 65.4 Å². The Balaban J connectivity index is 1.27. The molecule has 2 bridgehead atoms. The number of hydrogen-bond acceptors (Lipinski definition) is 7. The summed E-state index contributed by atoms with van der Waals surface area (Å²) in [5.41, 5.74) is 5.73. The van der Waals surface area contributed by atoms with Gasteiger partial charge < -0.3 is 25.1 Å². The lowest BCUT2D eigenvalue weighted by Gasteiger charge is -2.43. The number of anilines is 1. The van der Waals surface area contributed by atoms with Gasteiger partial charge in [-0.25, -0.2) is 0 Å². The molecule has 3 unspecified atom stereocenters. The molecule has 1 heterocycles. The highest BCUT2D eigenvalue weighted by molar-refractivity contribution is 5.97. The number of carboxylic acid groups (broad SMARTS) is 2. The van der Waals surface area contributed by atoms with Gasteiger partial charge in [0.1, 0.15) is 5.75 Å². The molecule has 1 aliphatic heterocycles. The van der Waals surface area contributed by atoms with Gasteiger partial charge in [0.15, 0.2) is 6.61 Å². The van der Waals surface area contributed by atoms with E-state index in [0.29, 0.717) is 43.0 Å². The molecule has 1 amide bonds. The minimum Gasteiger partial charge on any atom is -0.508 e. The van der Waals surface area contributed by atoms with E-state index >= 15 is 0 Å². The van der Waals surface area contributed by atoms with E-state index in [1.165, 1.54) is 12.1 Å². The van der Waals surface area contributed by atoms with Crippen LogP contribution >= 0.6 is 0 Å². The fourth-order valence-corrected chi connectivity index (χ4v) is 5.61. The van der Waals surface area contributed by atoms with Crippen LogP contribution in [-0.4, -0.2) is 70.9 Å². The summed E-state index contributed by atoms with van der Waals surface area (Å²) in [6.07, 6.45) is 0.234. The minimum atomic E-state index is -1.30. The largest absolute Gasteiger partial charge is 0.508 e. The van der Waals surface area contributed by atoms with Crippen molar-refractivity contribution in [3.63, 3.8) is 0 Å². The number of nitrogens with zero attached hydrogens (tertiary/aromatic N) is 2. The summed E-state index contributed by atoms with van der Waals surface area (Å²) in [5, 5.41) is 29.7. The Hall–Kier alpha value is -4.05. The second-order valence-electron chi connectivity index (χ2n) is 9.25. The SMILES string of the molecule is O=C(O)C1C2=C(NOCC(=O)N3CCN(c4ccccc4)CC3)CC(c3ccc(O)cc32)C1C(=O)O. The number of fused-ring (bicyclic) bond motifs is 2. The number of para-hydroxylation sites is 1. The Kier molecular flexibility index (Phi) is 6.27. The van der Waals surface area contributed by atoms with Gasteiger partial charge in [0, 0.05) is 43.5 Å². The molecule has 3 aliphatic carbocycles. The fraction of sp³-hybridized carbons (Fsp3) is 0.346. The third-order valence-corrected chi connectivity index (χ3v) is 7.28. The zero-order valence-corrected chi connectivity index (χ0v) is 19.5. The molecule has 6 rings (SSSR count). The van der Waals surface area contributed by atoms with Crippen LogP contribution in [0, 0.1) is 11.8 Å².